The Morgan fingerprint density at radius 3 is 2.55 bits per heavy atom. The lowest BCUT2D eigenvalue weighted by molar-refractivity contribution is 0.0464. The number of aliphatic hydroxyl groups excluding tert-OH is 1. The van der Waals surface area contributed by atoms with Crippen molar-refractivity contribution in [3.8, 4) is 11.5 Å². The van der Waals surface area contributed by atoms with Crippen LogP contribution in [0.3, 0.4) is 0 Å². The number of rotatable bonds is 11. The minimum atomic E-state index is -0.523. The van der Waals surface area contributed by atoms with Gasteiger partial charge in [0.2, 0.25) is 0 Å². The van der Waals surface area contributed by atoms with E-state index in [0.717, 1.165) is 62.1 Å². The van der Waals surface area contributed by atoms with Crippen molar-refractivity contribution in [1.82, 2.24) is 19.7 Å². The molecule has 8 heteroatoms. The third-order valence-corrected chi connectivity index (χ3v) is 6.52. The summed E-state index contributed by atoms with van der Waals surface area (Å²) in [5.41, 5.74) is 2.22. The highest BCUT2D eigenvalue weighted by molar-refractivity contribution is 7.09. The Hall–Kier alpha value is -1.71. The van der Waals surface area contributed by atoms with E-state index in [1.54, 1.807) is 18.4 Å². The molecule has 0 saturated carbocycles. The molecule has 0 bridgehead atoms. The number of aliphatic hydroxyl groups is 1. The molecular weight excluding hydrogens is 412 g/mol. The fourth-order valence-electron chi connectivity index (χ4n) is 3.83. The molecule has 1 N–H and O–H groups in total. The highest BCUT2D eigenvalue weighted by Gasteiger charge is 2.19. The van der Waals surface area contributed by atoms with Gasteiger partial charge in [-0.3, -0.25) is 9.80 Å². The number of thiazole rings is 1. The van der Waals surface area contributed by atoms with Gasteiger partial charge in [-0.1, -0.05) is 13.0 Å². The molecule has 1 saturated heterocycles. The van der Waals surface area contributed by atoms with Crippen molar-refractivity contribution in [3.05, 3.63) is 39.8 Å². The maximum absolute atomic E-state index is 10.4. The van der Waals surface area contributed by atoms with Gasteiger partial charge in [0.05, 0.1) is 13.7 Å². The van der Waals surface area contributed by atoms with Crippen molar-refractivity contribution >= 4 is 11.3 Å². The average molecular weight is 449 g/mol. The zero-order valence-electron chi connectivity index (χ0n) is 19.2. The summed E-state index contributed by atoms with van der Waals surface area (Å²) in [5, 5.41) is 13.6. The Labute approximate surface area is 190 Å². The van der Waals surface area contributed by atoms with Crippen LogP contribution >= 0.6 is 11.3 Å². The summed E-state index contributed by atoms with van der Waals surface area (Å²) in [7, 11) is 3.74. The topological polar surface area (TPSA) is 61.3 Å². The first-order valence-electron chi connectivity index (χ1n) is 11.0. The number of aromatic nitrogens is 1. The lowest BCUT2D eigenvalue weighted by Gasteiger charge is -2.34. The van der Waals surface area contributed by atoms with Crippen molar-refractivity contribution in [3.63, 3.8) is 0 Å². The van der Waals surface area contributed by atoms with E-state index < -0.39 is 6.10 Å². The molecule has 31 heavy (non-hydrogen) atoms. The van der Waals surface area contributed by atoms with Crippen molar-refractivity contribution < 1.29 is 14.6 Å². The smallest absolute Gasteiger partial charge is 0.161 e. The zero-order chi connectivity index (χ0) is 22.2. The standard InChI is InChI=1S/C23H36N4O3S/c1-5-26-8-10-27(11-9-26)14-20(28)16-30-21-7-6-19(12-22(21)29-4)13-25(3)15-23-24-18(2)17-31-23/h6-7,12,17,20,28H,5,8-11,13-16H2,1-4H3. The first kappa shape index (κ1) is 23.9. The quantitative estimate of drug-likeness (QED) is 0.567. The van der Waals surface area contributed by atoms with Gasteiger partial charge in [0.1, 0.15) is 17.7 Å². The van der Waals surface area contributed by atoms with Crippen LogP contribution in [0.1, 0.15) is 23.2 Å². The third-order valence-electron chi connectivity index (χ3n) is 5.56. The number of likely N-dealkylation sites (N-methyl/N-ethyl adjacent to an activating group) is 1. The molecule has 1 aliphatic heterocycles. The maximum atomic E-state index is 10.4. The fourth-order valence-corrected chi connectivity index (χ4v) is 4.68. The lowest BCUT2D eigenvalue weighted by Crippen LogP contribution is -2.49. The van der Waals surface area contributed by atoms with Crippen molar-refractivity contribution in [2.45, 2.75) is 33.0 Å². The molecule has 1 aromatic carbocycles. The minimum Gasteiger partial charge on any atom is -0.493 e. The van der Waals surface area contributed by atoms with Gasteiger partial charge in [0.15, 0.2) is 11.5 Å². The third kappa shape index (κ3) is 7.43. The van der Waals surface area contributed by atoms with Crippen molar-refractivity contribution in [1.29, 1.82) is 0 Å². The molecule has 0 aliphatic carbocycles. The summed E-state index contributed by atoms with van der Waals surface area (Å²) in [5.74, 6) is 1.36. The van der Waals surface area contributed by atoms with Crippen LogP contribution in [0.25, 0.3) is 0 Å². The highest BCUT2D eigenvalue weighted by Crippen LogP contribution is 2.29. The largest absolute Gasteiger partial charge is 0.493 e. The number of hydrogen-bond donors (Lipinski definition) is 1. The van der Waals surface area contributed by atoms with E-state index in [4.69, 9.17) is 9.47 Å². The first-order chi connectivity index (χ1) is 15.0. The summed E-state index contributed by atoms with van der Waals surface area (Å²) >= 11 is 1.69. The Kier molecular flexibility index (Phi) is 9.10. The van der Waals surface area contributed by atoms with Gasteiger partial charge in [-0.15, -0.1) is 11.3 Å². The molecule has 1 atom stereocenters. The summed E-state index contributed by atoms with van der Waals surface area (Å²) < 4.78 is 11.4. The zero-order valence-corrected chi connectivity index (χ0v) is 20.0. The molecule has 7 nitrogen and oxygen atoms in total. The number of nitrogens with zero attached hydrogens (tertiary/aromatic N) is 4. The molecule has 2 aromatic rings. The summed E-state index contributed by atoms with van der Waals surface area (Å²) in [6, 6.07) is 6.00. The van der Waals surface area contributed by atoms with E-state index in [1.165, 1.54) is 0 Å². The normalized spacial score (nSPS) is 16.6. The molecule has 172 valence electrons. The van der Waals surface area contributed by atoms with E-state index in [2.05, 4.69) is 45.1 Å². The molecule has 1 aliphatic rings. The van der Waals surface area contributed by atoms with E-state index in [1.807, 2.05) is 19.1 Å². The van der Waals surface area contributed by atoms with Crippen LogP contribution in [0, 0.1) is 6.92 Å². The molecule has 1 fully saturated rings. The number of benzene rings is 1. The van der Waals surface area contributed by atoms with E-state index in [9.17, 15) is 5.11 Å². The summed E-state index contributed by atoms with van der Waals surface area (Å²) in [6.07, 6.45) is -0.523. The second-order valence-corrected chi connectivity index (χ2v) is 9.18. The van der Waals surface area contributed by atoms with Gasteiger partial charge < -0.3 is 19.5 Å². The Morgan fingerprint density at radius 2 is 1.90 bits per heavy atom. The summed E-state index contributed by atoms with van der Waals surface area (Å²) in [4.78, 5) is 11.5. The predicted octanol–water partition coefficient (Wildman–Crippen LogP) is 2.47. The number of ether oxygens (including phenoxy) is 2. The molecule has 0 amide bonds. The van der Waals surface area contributed by atoms with Crippen LogP contribution in [0.2, 0.25) is 0 Å². The molecule has 0 radical (unpaired) electrons. The Morgan fingerprint density at radius 1 is 1.16 bits per heavy atom. The van der Waals surface area contributed by atoms with Crippen LogP contribution in [0.5, 0.6) is 11.5 Å². The fraction of sp³-hybridized carbons (Fsp3) is 0.609. The Bertz CT molecular complexity index is 808. The van der Waals surface area contributed by atoms with Gasteiger partial charge in [-0.05, 0) is 38.2 Å². The number of aryl methyl sites for hydroxylation is 1. The van der Waals surface area contributed by atoms with Gasteiger partial charge in [-0.25, -0.2) is 4.98 Å². The van der Waals surface area contributed by atoms with Crippen LogP contribution in [-0.2, 0) is 13.1 Å². The highest BCUT2D eigenvalue weighted by atomic mass is 32.1. The van der Waals surface area contributed by atoms with E-state index >= 15 is 0 Å². The maximum Gasteiger partial charge on any atom is 0.161 e. The average Bonchev–Trinajstić information content (AvgIpc) is 3.17. The number of β-amino-alcohol motifs (C(OH)–C–C–N with tert-alkyl or cyclic N) is 1. The number of methoxy groups -OCH3 is 1. The Balaban J connectivity index is 1.47. The molecule has 2 heterocycles. The van der Waals surface area contributed by atoms with Gasteiger partial charge >= 0.3 is 0 Å². The number of piperazine rings is 1. The monoisotopic (exact) mass is 448 g/mol. The lowest BCUT2D eigenvalue weighted by atomic mass is 10.2. The SMILES string of the molecule is CCN1CCN(CC(O)COc2ccc(CN(C)Cc3nc(C)cs3)cc2OC)CC1. The van der Waals surface area contributed by atoms with Gasteiger partial charge in [0, 0.05) is 50.3 Å². The molecule has 3 rings (SSSR count). The van der Waals surface area contributed by atoms with Crippen LogP contribution in [0.4, 0.5) is 0 Å². The minimum absolute atomic E-state index is 0.257. The molecule has 1 unspecified atom stereocenters. The van der Waals surface area contributed by atoms with Crippen LogP contribution in [-0.4, -0.2) is 90.9 Å². The van der Waals surface area contributed by atoms with Gasteiger partial charge in [0.25, 0.3) is 0 Å². The van der Waals surface area contributed by atoms with Crippen LogP contribution in [0.15, 0.2) is 23.6 Å². The number of hydrogen-bond acceptors (Lipinski definition) is 8. The molecule has 1 aromatic heterocycles. The van der Waals surface area contributed by atoms with E-state index in [-0.39, 0.29) is 6.61 Å². The van der Waals surface area contributed by atoms with Crippen LogP contribution < -0.4 is 9.47 Å². The second-order valence-electron chi connectivity index (χ2n) is 8.24. The van der Waals surface area contributed by atoms with Gasteiger partial charge in [-0.2, -0.15) is 0 Å². The van der Waals surface area contributed by atoms with Crippen molar-refractivity contribution in [2.75, 3.05) is 60.0 Å². The predicted molar refractivity (Wildman–Crippen MR) is 125 cm³/mol. The molecular formula is C23H36N4O3S. The molecule has 0 spiro atoms. The van der Waals surface area contributed by atoms with Crippen molar-refractivity contribution in [2.24, 2.45) is 0 Å². The summed E-state index contributed by atoms with van der Waals surface area (Å²) in [6.45, 7) is 11.9. The first-order valence-corrected chi connectivity index (χ1v) is 11.9. The van der Waals surface area contributed by atoms with E-state index in [0.29, 0.717) is 18.0 Å². The second kappa shape index (κ2) is 11.8.